The Morgan fingerprint density at radius 3 is 3.00 bits per heavy atom. The summed E-state index contributed by atoms with van der Waals surface area (Å²) in [5, 5.41) is 8.92. The van der Waals surface area contributed by atoms with E-state index in [2.05, 4.69) is 0 Å². The molecule has 2 aromatic rings. The topological polar surface area (TPSA) is 55.8 Å². The normalized spacial score (nSPS) is 16.1. The lowest BCUT2D eigenvalue weighted by atomic mass is 10.1. The van der Waals surface area contributed by atoms with Gasteiger partial charge in [0.2, 0.25) is 0 Å². The molecule has 1 unspecified atom stereocenters. The Labute approximate surface area is 120 Å². The molecule has 5 heteroatoms. The summed E-state index contributed by atoms with van der Waals surface area (Å²) in [6.07, 6.45) is 0.376. The predicted molar refractivity (Wildman–Crippen MR) is 73.4 cm³/mol. The van der Waals surface area contributed by atoms with Crippen LogP contribution >= 0.6 is 0 Å². The predicted octanol–water partition coefficient (Wildman–Crippen LogP) is 2.91. The average Bonchev–Trinajstić information content (AvgIpc) is 2.87. The second-order valence-electron chi connectivity index (χ2n) is 4.84. The summed E-state index contributed by atoms with van der Waals surface area (Å²) in [5.74, 6) is -0.140. The van der Waals surface area contributed by atoms with Crippen LogP contribution in [0.3, 0.4) is 0 Å². The third kappa shape index (κ3) is 2.97. The molecule has 0 amide bonds. The smallest absolute Gasteiger partial charge is 0.335 e. The molecule has 0 spiro atoms. The maximum absolute atomic E-state index is 13.1. The van der Waals surface area contributed by atoms with Gasteiger partial charge < -0.3 is 14.6 Å². The van der Waals surface area contributed by atoms with Gasteiger partial charge in [-0.2, -0.15) is 0 Å². The minimum absolute atomic E-state index is 0.171. The summed E-state index contributed by atoms with van der Waals surface area (Å²) in [6.45, 7) is 0.277. The zero-order valence-electron chi connectivity index (χ0n) is 11.1. The molecule has 1 N–H and O–H groups in total. The van der Waals surface area contributed by atoms with Gasteiger partial charge in [0.15, 0.2) is 0 Å². The Balaban J connectivity index is 1.62. The van der Waals surface area contributed by atoms with Gasteiger partial charge in [0.25, 0.3) is 0 Å². The molecule has 1 aliphatic heterocycles. The number of aromatic carboxylic acids is 1. The van der Waals surface area contributed by atoms with Crippen molar-refractivity contribution in [1.29, 1.82) is 0 Å². The van der Waals surface area contributed by atoms with E-state index in [4.69, 9.17) is 14.6 Å². The van der Waals surface area contributed by atoms with Gasteiger partial charge in [-0.05, 0) is 36.4 Å². The Morgan fingerprint density at radius 2 is 2.19 bits per heavy atom. The number of carbonyl (C=O) groups is 1. The van der Waals surface area contributed by atoms with Crippen molar-refractivity contribution in [1.82, 2.24) is 0 Å². The molecule has 0 saturated carbocycles. The molecular formula is C16H13FO4. The van der Waals surface area contributed by atoms with Crippen LogP contribution < -0.4 is 9.47 Å². The van der Waals surface area contributed by atoms with Crippen LogP contribution in [0.4, 0.5) is 4.39 Å². The number of rotatable bonds is 4. The third-order valence-electron chi connectivity index (χ3n) is 3.28. The summed E-state index contributed by atoms with van der Waals surface area (Å²) >= 11 is 0. The Bertz CT molecular complexity index is 684. The second kappa shape index (κ2) is 5.44. The fraction of sp³-hybridized carbons (Fsp3) is 0.188. The highest BCUT2D eigenvalue weighted by molar-refractivity contribution is 5.87. The SMILES string of the molecule is O=C(O)c1cccc(OCC2Cc3cc(F)ccc3O2)c1. The lowest BCUT2D eigenvalue weighted by molar-refractivity contribution is 0.0696. The molecule has 0 saturated heterocycles. The average molecular weight is 288 g/mol. The van der Waals surface area contributed by atoms with Crippen LogP contribution in [-0.2, 0) is 6.42 Å². The first-order valence-electron chi connectivity index (χ1n) is 6.53. The van der Waals surface area contributed by atoms with E-state index in [1.807, 2.05) is 0 Å². The summed E-state index contributed by atoms with van der Waals surface area (Å²) in [4.78, 5) is 10.9. The third-order valence-corrected chi connectivity index (χ3v) is 3.28. The van der Waals surface area contributed by atoms with Crippen molar-refractivity contribution in [3.8, 4) is 11.5 Å². The largest absolute Gasteiger partial charge is 0.490 e. The second-order valence-corrected chi connectivity index (χ2v) is 4.84. The lowest BCUT2D eigenvalue weighted by Crippen LogP contribution is -2.22. The van der Waals surface area contributed by atoms with E-state index in [9.17, 15) is 9.18 Å². The summed E-state index contributed by atoms with van der Waals surface area (Å²) in [5.41, 5.74) is 0.994. The molecule has 3 rings (SSSR count). The number of halogens is 1. The number of hydrogen-bond acceptors (Lipinski definition) is 3. The Kier molecular flexibility index (Phi) is 3.48. The van der Waals surface area contributed by atoms with Crippen LogP contribution in [-0.4, -0.2) is 23.8 Å². The van der Waals surface area contributed by atoms with Crippen molar-refractivity contribution in [2.24, 2.45) is 0 Å². The number of benzene rings is 2. The minimum Gasteiger partial charge on any atom is -0.490 e. The molecular weight excluding hydrogens is 275 g/mol. The lowest BCUT2D eigenvalue weighted by Gasteiger charge is -2.12. The van der Waals surface area contributed by atoms with Gasteiger partial charge in [-0.25, -0.2) is 9.18 Å². The van der Waals surface area contributed by atoms with Crippen molar-refractivity contribution < 1.29 is 23.8 Å². The molecule has 1 atom stereocenters. The molecule has 1 aliphatic rings. The van der Waals surface area contributed by atoms with Crippen molar-refractivity contribution >= 4 is 5.97 Å². The maximum atomic E-state index is 13.1. The van der Waals surface area contributed by atoms with Gasteiger partial charge >= 0.3 is 5.97 Å². The van der Waals surface area contributed by atoms with E-state index < -0.39 is 5.97 Å². The van der Waals surface area contributed by atoms with E-state index in [0.29, 0.717) is 17.9 Å². The number of carboxylic acids is 1. The van der Waals surface area contributed by atoms with Crippen LogP contribution in [0.1, 0.15) is 15.9 Å². The monoisotopic (exact) mass is 288 g/mol. The van der Waals surface area contributed by atoms with Crippen LogP contribution in [0.5, 0.6) is 11.5 Å². The van der Waals surface area contributed by atoms with Gasteiger partial charge in [0.05, 0.1) is 5.56 Å². The first kappa shape index (κ1) is 13.4. The van der Waals surface area contributed by atoms with Crippen LogP contribution in [0.25, 0.3) is 0 Å². The molecule has 4 nitrogen and oxygen atoms in total. The first-order valence-corrected chi connectivity index (χ1v) is 6.53. The fourth-order valence-electron chi connectivity index (χ4n) is 2.29. The molecule has 2 aromatic carbocycles. The van der Waals surface area contributed by atoms with Crippen LogP contribution in [0.2, 0.25) is 0 Å². The van der Waals surface area contributed by atoms with E-state index >= 15 is 0 Å². The summed E-state index contributed by atoms with van der Waals surface area (Å²) < 4.78 is 24.3. The fourth-order valence-corrected chi connectivity index (χ4v) is 2.29. The molecule has 1 heterocycles. The zero-order valence-corrected chi connectivity index (χ0v) is 11.1. The van der Waals surface area contributed by atoms with Crippen LogP contribution in [0, 0.1) is 5.82 Å². The van der Waals surface area contributed by atoms with Gasteiger partial charge in [-0.3, -0.25) is 0 Å². The van der Waals surface area contributed by atoms with Crippen molar-refractivity contribution in [2.45, 2.75) is 12.5 Å². The number of ether oxygens (including phenoxy) is 2. The Hall–Kier alpha value is -2.56. The van der Waals surface area contributed by atoms with E-state index in [1.165, 1.54) is 24.3 Å². The molecule has 0 fully saturated rings. The van der Waals surface area contributed by atoms with E-state index in [1.54, 1.807) is 18.2 Å². The molecule has 0 bridgehead atoms. The molecule has 0 aliphatic carbocycles. The van der Waals surface area contributed by atoms with E-state index in [0.717, 1.165) is 5.56 Å². The highest BCUT2D eigenvalue weighted by atomic mass is 19.1. The zero-order chi connectivity index (χ0) is 14.8. The van der Waals surface area contributed by atoms with Gasteiger partial charge in [-0.15, -0.1) is 0 Å². The van der Waals surface area contributed by atoms with Crippen molar-refractivity contribution in [3.63, 3.8) is 0 Å². The van der Waals surface area contributed by atoms with E-state index in [-0.39, 0.29) is 24.1 Å². The van der Waals surface area contributed by atoms with Crippen molar-refractivity contribution in [2.75, 3.05) is 6.61 Å². The summed E-state index contributed by atoms with van der Waals surface area (Å²) in [6, 6.07) is 10.7. The highest BCUT2D eigenvalue weighted by Crippen LogP contribution is 2.29. The molecule has 0 aromatic heterocycles. The highest BCUT2D eigenvalue weighted by Gasteiger charge is 2.23. The van der Waals surface area contributed by atoms with Crippen LogP contribution in [0.15, 0.2) is 42.5 Å². The molecule has 108 valence electrons. The standard InChI is InChI=1S/C16H13FO4/c17-12-4-5-15-11(6-12)8-14(21-15)9-20-13-3-1-2-10(7-13)16(18)19/h1-7,14H,8-9H2,(H,18,19). The molecule has 21 heavy (non-hydrogen) atoms. The number of carboxylic acid groups (broad SMARTS) is 1. The first-order chi connectivity index (χ1) is 10.1. The number of fused-ring (bicyclic) bond motifs is 1. The molecule has 0 radical (unpaired) electrons. The summed E-state index contributed by atoms with van der Waals surface area (Å²) in [7, 11) is 0. The van der Waals surface area contributed by atoms with Gasteiger partial charge in [0, 0.05) is 12.0 Å². The minimum atomic E-state index is -1.000. The van der Waals surface area contributed by atoms with Crippen molar-refractivity contribution in [3.05, 3.63) is 59.4 Å². The quantitative estimate of drug-likeness (QED) is 0.940. The van der Waals surface area contributed by atoms with Gasteiger partial charge in [-0.1, -0.05) is 6.07 Å². The Morgan fingerprint density at radius 1 is 1.33 bits per heavy atom. The maximum Gasteiger partial charge on any atom is 0.335 e. The van der Waals surface area contributed by atoms with Gasteiger partial charge in [0.1, 0.15) is 30.0 Å². The number of hydrogen-bond donors (Lipinski definition) is 1.